The van der Waals surface area contributed by atoms with Crippen LogP contribution >= 0.6 is 0 Å². The van der Waals surface area contributed by atoms with E-state index in [0.29, 0.717) is 0 Å². The van der Waals surface area contributed by atoms with E-state index in [9.17, 15) is 0 Å². The highest BCUT2D eigenvalue weighted by molar-refractivity contribution is 6.28. The Morgan fingerprint density at radius 1 is 0.367 bits per heavy atom. The number of hydrogen-bond acceptors (Lipinski definition) is 6. The third kappa shape index (κ3) is 5.63. The Bertz CT molecular complexity index is 3240. The van der Waals surface area contributed by atoms with Gasteiger partial charge in [-0.1, -0.05) is 72.8 Å². The summed E-state index contributed by atoms with van der Waals surface area (Å²) in [7, 11) is 3.44. The SMILES string of the molecule is COc1ccccc1N(c1ccc2cc3c(cc2c1)oc1ccc2oc4cc5cc(N(c6ccccc6C)c6ccccc6OC)ccc5cc4c2c13)c1ccccc1C. The fraction of sp³-hybridized carbons (Fsp3) is 0.0741. The van der Waals surface area contributed by atoms with Crippen molar-refractivity contribution in [3.8, 4) is 11.5 Å². The monoisotopic (exact) mass is 780 g/mol. The number of furan rings is 2. The minimum absolute atomic E-state index is 0.801. The van der Waals surface area contributed by atoms with Gasteiger partial charge in [0.1, 0.15) is 33.8 Å². The highest BCUT2D eigenvalue weighted by Crippen LogP contribution is 2.46. The lowest BCUT2D eigenvalue weighted by molar-refractivity contribution is 0.416. The molecule has 0 saturated heterocycles. The first-order chi connectivity index (χ1) is 29.5. The van der Waals surface area contributed by atoms with Crippen molar-refractivity contribution in [2.24, 2.45) is 0 Å². The lowest BCUT2D eigenvalue weighted by Crippen LogP contribution is -2.12. The molecule has 0 amide bonds. The average molecular weight is 781 g/mol. The fourth-order valence-corrected chi connectivity index (χ4v) is 8.95. The molecule has 0 N–H and O–H groups in total. The van der Waals surface area contributed by atoms with Crippen LogP contribution in [0.5, 0.6) is 11.5 Å². The van der Waals surface area contributed by atoms with Crippen molar-refractivity contribution < 1.29 is 18.3 Å². The van der Waals surface area contributed by atoms with E-state index in [4.69, 9.17) is 18.3 Å². The normalized spacial score (nSPS) is 11.7. The van der Waals surface area contributed by atoms with E-state index in [1.54, 1.807) is 14.2 Å². The molecule has 0 atom stereocenters. The summed E-state index contributed by atoms with van der Waals surface area (Å²) in [6, 6.07) is 59.3. The van der Waals surface area contributed by atoms with Crippen LogP contribution in [0.3, 0.4) is 0 Å². The van der Waals surface area contributed by atoms with Crippen LogP contribution in [0.15, 0.2) is 179 Å². The summed E-state index contributed by atoms with van der Waals surface area (Å²) in [5.41, 5.74) is 11.8. The maximum Gasteiger partial charge on any atom is 0.142 e. The van der Waals surface area contributed by atoms with Crippen molar-refractivity contribution in [2.75, 3.05) is 24.0 Å². The number of hydrogen-bond donors (Lipinski definition) is 0. The van der Waals surface area contributed by atoms with E-state index < -0.39 is 0 Å². The first kappa shape index (κ1) is 35.5. The number of methoxy groups -OCH3 is 2. The van der Waals surface area contributed by atoms with Gasteiger partial charge in [0.05, 0.1) is 25.6 Å². The summed E-state index contributed by atoms with van der Waals surface area (Å²) < 4.78 is 25.0. The van der Waals surface area contributed by atoms with Crippen molar-refractivity contribution in [2.45, 2.75) is 13.8 Å². The minimum Gasteiger partial charge on any atom is -0.495 e. The molecule has 0 aliphatic rings. The standard InChI is InChI=1S/C54H40N2O4/c1-33-13-5-7-15-43(33)55(45-17-9-11-19-47(45)57-3)39-23-21-35-29-41-51(31-37(35)27-39)59-49-25-26-50-54(53(41)49)42-30-36-22-24-40(28-38(36)32-52(42)60-50)56(44-16-8-6-14-34(44)2)46-18-10-12-20-48(46)58-4/h5-32H,1-4H3. The average Bonchev–Trinajstić information content (AvgIpc) is 3.83. The molecule has 2 aromatic heterocycles. The number of nitrogens with zero attached hydrogens (tertiary/aromatic N) is 2. The molecule has 0 saturated carbocycles. The van der Waals surface area contributed by atoms with Crippen LogP contribution in [0, 0.1) is 13.8 Å². The summed E-state index contributed by atoms with van der Waals surface area (Å²) in [5, 5.41) is 8.62. The van der Waals surface area contributed by atoms with E-state index in [1.807, 2.05) is 48.5 Å². The van der Waals surface area contributed by atoms with Gasteiger partial charge in [0.15, 0.2) is 0 Å². The number of para-hydroxylation sites is 6. The Morgan fingerprint density at radius 2 is 0.767 bits per heavy atom. The highest BCUT2D eigenvalue weighted by atomic mass is 16.5. The second-order valence-corrected chi connectivity index (χ2v) is 15.4. The second-order valence-electron chi connectivity index (χ2n) is 15.4. The Balaban J connectivity index is 1.06. The third-order valence-corrected chi connectivity index (χ3v) is 11.8. The molecule has 6 heteroatoms. The van der Waals surface area contributed by atoms with Gasteiger partial charge in [0.2, 0.25) is 0 Å². The van der Waals surface area contributed by atoms with Crippen LogP contribution in [-0.4, -0.2) is 14.2 Å². The molecule has 11 aromatic rings. The molecular weight excluding hydrogens is 741 g/mol. The molecule has 60 heavy (non-hydrogen) atoms. The molecule has 2 heterocycles. The van der Waals surface area contributed by atoms with Gasteiger partial charge in [-0.05, 0) is 144 Å². The maximum absolute atomic E-state index is 6.66. The Morgan fingerprint density at radius 3 is 1.18 bits per heavy atom. The van der Waals surface area contributed by atoms with Crippen LogP contribution in [0.4, 0.5) is 34.1 Å². The number of aryl methyl sites for hydroxylation is 2. The number of ether oxygens (including phenoxy) is 2. The quantitative estimate of drug-likeness (QED) is 0.153. The Kier molecular flexibility index (Phi) is 8.27. The lowest BCUT2D eigenvalue weighted by Gasteiger charge is -2.28. The Hall–Kier alpha value is -7.70. The topological polar surface area (TPSA) is 51.2 Å². The summed E-state index contributed by atoms with van der Waals surface area (Å²) in [6.07, 6.45) is 0. The van der Waals surface area contributed by atoms with E-state index in [2.05, 4.69) is 145 Å². The van der Waals surface area contributed by atoms with Gasteiger partial charge < -0.3 is 28.1 Å². The molecule has 6 nitrogen and oxygen atoms in total. The zero-order chi connectivity index (χ0) is 40.5. The predicted molar refractivity (Wildman–Crippen MR) is 248 cm³/mol. The number of benzene rings is 9. The third-order valence-electron chi connectivity index (χ3n) is 11.8. The zero-order valence-electron chi connectivity index (χ0n) is 33.7. The van der Waals surface area contributed by atoms with Crippen molar-refractivity contribution in [1.29, 1.82) is 0 Å². The molecular formula is C54H40N2O4. The van der Waals surface area contributed by atoms with Gasteiger partial charge in [0.25, 0.3) is 0 Å². The fourth-order valence-electron chi connectivity index (χ4n) is 8.95. The van der Waals surface area contributed by atoms with E-state index >= 15 is 0 Å². The minimum atomic E-state index is 0.801. The maximum atomic E-state index is 6.66. The van der Waals surface area contributed by atoms with Gasteiger partial charge in [0, 0.05) is 44.3 Å². The van der Waals surface area contributed by atoms with E-state index in [0.717, 1.165) is 122 Å². The first-order valence-corrected chi connectivity index (χ1v) is 20.1. The van der Waals surface area contributed by atoms with Crippen LogP contribution in [-0.2, 0) is 0 Å². The summed E-state index contributed by atoms with van der Waals surface area (Å²) in [5.74, 6) is 1.60. The van der Waals surface area contributed by atoms with Crippen LogP contribution < -0.4 is 19.3 Å². The smallest absolute Gasteiger partial charge is 0.142 e. The van der Waals surface area contributed by atoms with Crippen molar-refractivity contribution in [3.63, 3.8) is 0 Å². The van der Waals surface area contributed by atoms with Crippen molar-refractivity contribution in [1.82, 2.24) is 0 Å². The van der Waals surface area contributed by atoms with Crippen LogP contribution in [0.2, 0.25) is 0 Å². The summed E-state index contributed by atoms with van der Waals surface area (Å²) in [6.45, 7) is 4.28. The number of fused-ring (bicyclic) bond motifs is 9. The molecule has 0 spiro atoms. The molecule has 9 aromatic carbocycles. The molecule has 0 bridgehead atoms. The second kappa shape index (κ2) is 14.0. The Labute approximate surface area is 347 Å². The van der Waals surface area contributed by atoms with Gasteiger partial charge in [-0.3, -0.25) is 0 Å². The number of rotatable bonds is 8. The molecule has 0 radical (unpaired) electrons. The van der Waals surface area contributed by atoms with E-state index in [-0.39, 0.29) is 0 Å². The largest absolute Gasteiger partial charge is 0.495 e. The van der Waals surface area contributed by atoms with Gasteiger partial charge in [-0.15, -0.1) is 0 Å². The van der Waals surface area contributed by atoms with Crippen molar-refractivity contribution in [3.05, 3.63) is 181 Å². The summed E-state index contributed by atoms with van der Waals surface area (Å²) >= 11 is 0. The van der Waals surface area contributed by atoms with Gasteiger partial charge >= 0.3 is 0 Å². The van der Waals surface area contributed by atoms with Crippen LogP contribution in [0.1, 0.15) is 11.1 Å². The molecule has 0 aliphatic carbocycles. The first-order valence-electron chi connectivity index (χ1n) is 20.1. The van der Waals surface area contributed by atoms with Gasteiger partial charge in [-0.25, -0.2) is 0 Å². The molecule has 0 unspecified atom stereocenters. The lowest BCUT2D eigenvalue weighted by atomic mass is 10.00. The predicted octanol–water partition coefficient (Wildman–Crippen LogP) is 15.4. The summed E-state index contributed by atoms with van der Waals surface area (Å²) in [4.78, 5) is 4.53. The zero-order valence-corrected chi connectivity index (χ0v) is 33.7. The molecule has 290 valence electrons. The van der Waals surface area contributed by atoms with E-state index in [1.165, 1.54) is 0 Å². The molecule has 0 fully saturated rings. The highest BCUT2D eigenvalue weighted by Gasteiger charge is 2.22. The molecule has 0 aliphatic heterocycles. The van der Waals surface area contributed by atoms with Crippen molar-refractivity contribution >= 4 is 99.5 Å². The van der Waals surface area contributed by atoms with Crippen LogP contribution in [0.25, 0.3) is 65.4 Å². The van der Waals surface area contributed by atoms with Gasteiger partial charge in [-0.2, -0.15) is 0 Å². The molecule has 11 rings (SSSR count). The number of anilines is 6.